The molecule has 19 heavy (non-hydrogen) atoms. The van der Waals surface area contributed by atoms with Gasteiger partial charge in [0, 0.05) is 24.4 Å². The van der Waals surface area contributed by atoms with Crippen LogP contribution >= 0.6 is 0 Å². The molecule has 1 aromatic heterocycles. The van der Waals surface area contributed by atoms with Crippen molar-refractivity contribution in [3.63, 3.8) is 0 Å². The lowest BCUT2D eigenvalue weighted by Gasteiger charge is -2.29. The van der Waals surface area contributed by atoms with Gasteiger partial charge in [0.05, 0.1) is 19.3 Å². The van der Waals surface area contributed by atoms with Crippen LogP contribution in [0.2, 0.25) is 0 Å². The highest BCUT2D eigenvalue weighted by atomic mass is 16.5. The Morgan fingerprint density at radius 3 is 2.95 bits per heavy atom. The number of aromatic nitrogens is 2. The van der Waals surface area contributed by atoms with Gasteiger partial charge in [-0.2, -0.15) is 0 Å². The summed E-state index contributed by atoms with van der Waals surface area (Å²) < 4.78 is 5.49. The number of ether oxygens (including phenoxy) is 1. The molecule has 3 rings (SSSR count). The molecule has 1 unspecified atom stereocenters. The second-order valence-corrected chi connectivity index (χ2v) is 5.50. The van der Waals surface area contributed by atoms with Gasteiger partial charge in [-0.15, -0.1) is 0 Å². The predicted molar refractivity (Wildman–Crippen MR) is 73.1 cm³/mol. The van der Waals surface area contributed by atoms with Gasteiger partial charge in [-0.25, -0.2) is 9.97 Å². The van der Waals surface area contributed by atoms with Crippen LogP contribution in [0.15, 0.2) is 12.3 Å². The third-order valence-electron chi connectivity index (χ3n) is 4.07. The molecule has 1 N–H and O–H groups in total. The molecule has 2 aliphatic heterocycles. The highest BCUT2D eigenvalue weighted by Crippen LogP contribution is 2.26. The average molecular weight is 262 g/mol. The van der Waals surface area contributed by atoms with Crippen molar-refractivity contribution in [1.82, 2.24) is 20.2 Å². The van der Waals surface area contributed by atoms with Crippen molar-refractivity contribution in [3.8, 4) is 0 Å². The Kier molecular flexibility index (Phi) is 4.06. The summed E-state index contributed by atoms with van der Waals surface area (Å²) in [6.45, 7) is 4.66. The molecule has 0 bridgehead atoms. The van der Waals surface area contributed by atoms with Gasteiger partial charge in [0.1, 0.15) is 5.82 Å². The van der Waals surface area contributed by atoms with Crippen molar-refractivity contribution in [2.75, 3.05) is 39.9 Å². The first-order valence-corrected chi connectivity index (χ1v) is 7.15. The molecular weight excluding hydrogens is 240 g/mol. The first kappa shape index (κ1) is 13.0. The highest BCUT2D eigenvalue weighted by Gasteiger charge is 2.22. The number of piperidine rings is 1. The molecule has 0 aromatic carbocycles. The Labute approximate surface area is 114 Å². The number of hydrogen-bond donors (Lipinski definition) is 1. The Balaban J connectivity index is 1.72. The molecule has 2 saturated heterocycles. The lowest BCUT2D eigenvalue weighted by molar-refractivity contribution is 0.0741. The van der Waals surface area contributed by atoms with E-state index in [-0.39, 0.29) is 6.04 Å². The summed E-state index contributed by atoms with van der Waals surface area (Å²) in [5.74, 6) is 1.47. The minimum Gasteiger partial charge on any atom is -0.378 e. The van der Waals surface area contributed by atoms with E-state index in [4.69, 9.17) is 9.72 Å². The smallest absolute Gasteiger partial charge is 0.147 e. The quantitative estimate of drug-likeness (QED) is 0.860. The number of hydrogen-bond acceptors (Lipinski definition) is 5. The molecule has 2 aliphatic rings. The Morgan fingerprint density at radius 2 is 2.21 bits per heavy atom. The highest BCUT2D eigenvalue weighted by molar-refractivity contribution is 5.11. The summed E-state index contributed by atoms with van der Waals surface area (Å²) in [5.41, 5.74) is 1.20. The largest absolute Gasteiger partial charge is 0.378 e. The van der Waals surface area contributed by atoms with E-state index >= 15 is 0 Å². The minimum atomic E-state index is 0.153. The number of rotatable bonds is 2. The average Bonchev–Trinajstić information content (AvgIpc) is 2.49. The second kappa shape index (κ2) is 5.94. The van der Waals surface area contributed by atoms with Gasteiger partial charge in [-0.3, -0.25) is 0 Å². The monoisotopic (exact) mass is 262 g/mol. The van der Waals surface area contributed by atoms with Crippen molar-refractivity contribution in [3.05, 3.63) is 23.8 Å². The molecule has 0 radical (unpaired) electrons. The van der Waals surface area contributed by atoms with Gasteiger partial charge in [-0.1, -0.05) is 0 Å². The van der Waals surface area contributed by atoms with Crippen molar-refractivity contribution >= 4 is 0 Å². The number of nitrogens with zero attached hydrogens (tertiary/aromatic N) is 3. The third kappa shape index (κ3) is 3.11. The standard InChI is InChI=1S/C14H22N4O/c1-18-7-3-11(4-8-18)12-2-5-16-14(17-12)13-10-19-9-6-15-13/h2,5,11,13,15H,3-4,6-10H2,1H3. The maximum Gasteiger partial charge on any atom is 0.147 e. The van der Waals surface area contributed by atoms with E-state index in [0.29, 0.717) is 12.5 Å². The van der Waals surface area contributed by atoms with Crippen molar-refractivity contribution < 1.29 is 4.74 Å². The van der Waals surface area contributed by atoms with E-state index in [1.54, 1.807) is 0 Å². The van der Waals surface area contributed by atoms with Gasteiger partial charge in [0.2, 0.25) is 0 Å². The van der Waals surface area contributed by atoms with Gasteiger partial charge in [0.25, 0.3) is 0 Å². The summed E-state index contributed by atoms with van der Waals surface area (Å²) in [5, 5.41) is 3.41. The fourth-order valence-electron chi connectivity index (χ4n) is 2.82. The van der Waals surface area contributed by atoms with Gasteiger partial charge < -0.3 is 15.0 Å². The SMILES string of the molecule is CN1CCC(c2ccnc(C3COCCN3)n2)CC1. The van der Waals surface area contributed by atoms with Crippen LogP contribution < -0.4 is 5.32 Å². The number of morpholine rings is 1. The maximum absolute atomic E-state index is 5.49. The van der Waals surface area contributed by atoms with Crippen LogP contribution in [0.25, 0.3) is 0 Å². The predicted octanol–water partition coefficient (Wildman–Crippen LogP) is 0.947. The molecule has 5 nitrogen and oxygen atoms in total. The molecule has 5 heteroatoms. The zero-order chi connectivity index (χ0) is 13.1. The number of likely N-dealkylation sites (tertiary alicyclic amines) is 1. The zero-order valence-corrected chi connectivity index (χ0v) is 11.5. The summed E-state index contributed by atoms with van der Waals surface area (Å²) in [7, 11) is 2.19. The lowest BCUT2D eigenvalue weighted by Crippen LogP contribution is -2.36. The normalized spacial score (nSPS) is 26.5. The molecular formula is C14H22N4O. The van der Waals surface area contributed by atoms with Crippen LogP contribution in [0.1, 0.15) is 36.3 Å². The first-order chi connectivity index (χ1) is 9.33. The van der Waals surface area contributed by atoms with E-state index in [2.05, 4.69) is 28.3 Å². The molecule has 1 aromatic rings. The van der Waals surface area contributed by atoms with Crippen LogP contribution in [0.4, 0.5) is 0 Å². The molecule has 1 atom stereocenters. The van der Waals surface area contributed by atoms with Crippen LogP contribution in [0.3, 0.4) is 0 Å². The van der Waals surface area contributed by atoms with Crippen LogP contribution in [-0.2, 0) is 4.74 Å². The first-order valence-electron chi connectivity index (χ1n) is 7.15. The Hall–Kier alpha value is -1.04. The molecule has 0 spiro atoms. The van der Waals surface area contributed by atoms with E-state index in [0.717, 1.165) is 32.1 Å². The van der Waals surface area contributed by atoms with Crippen LogP contribution in [0, 0.1) is 0 Å². The fraction of sp³-hybridized carbons (Fsp3) is 0.714. The summed E-state index contributed by atoms with van der Waals surface area (Å²) in [6.07, 6.45) is 4.29. The molecule has 0 saturated carbocycles. The zero-order valence-electron chi connectivity index (χ0n) is 11.5. The number of nitrogens with one attached hydrogen (secondary N) is 1. The summed E-state index contributed by atoms with van der Waals surface area (Å²) >= 11 is 0. The van der Waals surface area contributed by atoms with Crippen LogP contribution in [-0.4, -0.2) is 54.8 Å². The second-order valence-electron chi connectivity index (χ2n) is 5.50. The molecule has 0 aliphatic carbocycles. The van der Waals surface area contributed by atoms with E-state index in [1.807, 2.05) is 6.20 Å². The van der Waals surface area contributed by atoms with Crippen molar-refractivity contribution in [2.45, 2.75) is 24.8 Å². The lowest BCUT2D eigenvalue weighted by atomic mass is 9.93. The van der Waals surface area contributed by atoms with E-state index < -0.39 is 0 Å². The Bertz CT molecular complexity index is 412. The minimum absolute atomic E-state index is 0.153. The Morgan fingerprint density at radius 1 is 1.37 bits per heavy atom. The topological polar surface area (TPSA) is 50.3 Å². The molecule has 0 amide bonds. The van der Waals surface area contributed by atoms with E-state index in [9.17, 15) is 0 Å². The summed E-state index contributed by atoms with van der Waals surface area (Å²) in [6, 6.07) is 2.23. The van der Waals surface area contributed by atoms with Crippen LogP contribution in [0.5, 0.6) is 0 Å². The molecule has 2 fully saturated rings. The van der Waals surface area contributed by atoms with E-state index in [1.165, 1.54) is 18.5 Å². The molecule has 3 heterocycles. The van der Waals surface area contributed by atoms with Gasteiger partial charge in [0.15, 0.2) is 0 Å². The van der Waals surface area contributed by atoms with Gasteiger partial charge in [-0.05, 0) is 39.0 Å². The maximum atomic E-state index is 5.49. The molecule has 104 valence electrons. The summed E-state index contributed by atoms with van der Waals surface area (Å²) in [4.78, 5) is 11.6. The van der Waals surface area contributed by atoms with Crippen molar-refractivity contribution in [2.24, 2.45) is 0 Å². The van der Waals surface area contributed by atoms with Crippen molar-refractivity contribution in [1.29, 1.82) is 0 Å². The third-order valence-corrected chi connectivity index (χ3v) is 4.07. The fourth-order valence-corrected chi connectivity index (χ4v) is 2.82. The van der Waals surface area contributed by atoms with Gasteiger partial charge >= 0.3 is 0 Å².